The van der Waals surface area contributed by atoms with Crippen LogP contribution in [0.25, 0.3) is 0 Å². The maximum absolute atomic E-state index is 10.3. The Labute approximate surface area is 147 Å². The summed E-state index contributed by atoms with van der Waals surface area (Å²) >= 11 is 1.80. The van der Waals surface area contributed by atoms with Crippen LogP contribution in [0.5, 0.6) is 0 Å². The van der Waals surface area contributed by atoms with Gasteiger partial charge in [0, 0.05) is 43.1 Å². The minimum absolute atomic E-state index is 0.297. The number of aliphatic hydroxyl groups is 1. The van der Waals surface area contributed by atoms with Crippen molar-refractivity contribution in [3.8, 4) is 0 Å². The number of hydrogen-bond acceptors (Lipinski definition) is 6. The highest BCUT2D eigenvalue weighted by Crippen LogP contribution is 2.17. The Morgan fingerprint density at radius 2 is 2.21 bits per heavy atom. The Balaban J connectivity index is 1.76. The maximum atomic E-state index is 10.3. The van der Waals surface area contributed by atoms with Crippen LogP contribution >= 0.6 is 11.3 Å². The molecule has 2 rings (SSSR count). The van der Waals surface area contributed by atoms with Crippen molar-refractivity contribution in [2.45, 2.75) is 32.6 Å². The number of ether oxygens (including phenoxy) is 2. The van der Waals surface area contributed by atoms with Crippen molar-refractivity contribution in [1.29, 1.82) is 0 Å². The Morgan fingerprint density at radius 3 is 2.88 bits per heavy atom. The first kappa shape index (κ1) is 19.1. The summed E-state index contributed by atoms with van der Waals surface area (Å²) in [6.07, 6.45) is 2.04. The van der Waals surface area contributed by atoms with Crippen molar-refractivity contribution in [1.82, 2.24) is 4.90 Å². The van der Waals surface area contributed by atoms with Crippen molar-refractivity contribution in [2.75, 3.05) is 33.4 Å². The zero-order chi connectivity index (χ0) is 17.2. The molecule has 0 amide bonds. The van der Waals surface area contributed by atoms with E-state index in [2.05, 4.69) is 24.0 Å². The van der Waals surface area contributed by atoms with Crippen LogP contribution in [0.3, 0.4) is 0 Å². The van der Waals surface area contributed by atoms with Gasteiger partial charge in [0.05, 0.1) is 19.0 Å². The molecule has 0 fully saturated rings. The number of methoxy groups -OCH3 is 1. The van der Waals surface area contributed by atoms with Crippen LogP contribution in [0.15, 0.2) is 34.9 Å². The quantitative estimate of drug-likeness (QED) is 0.594. The standard InChI is InChI=1S/C18H27NO4S/c1-15-6-7-18(24-15)12-19(8-4-9-21-2)11-16(20)13-22-14-17-5-3-10-23-17/h3,5-7,10,16,20H,4,8-9,11-14H2,1-2H3/t16-/m1/s1. The molecule has 2 aromatic rings. The van der Waals surface area contributed by atoms with E-state index in [0.717, 1.165) is 31.9 Å². The summed E-state index contributed by atoms with van der Waals surface area (Å²) in [5.74, 6) is 0.771. The van der Waals surface area contributed by atoms with Gasteiger partial charge in [-0.15, -0.1) is 11.3 Å². The fourth-order valence-corrected chi connectivity index (χ4v) is 3.43. The zero-order valence-electron chi connectivity index (χ0n) is 14.4. The molecule has 134 valence electrons. The minimum Gasteiger partial charge on any atom is -0.467 e. The van der Waals surface area contributed by atoms with Crippen LogP contribution in [-0.2, 0) is 22.6 Å². The van der Waals surface area contributed by atoms with E-state index in [1.165, 1.54) is 9.75 Å². The smallest absolute Gasteiger partial charge is 0.129 e. The van der Waals surface area contributed by atoms with Crippen LogP contribution in [0, 0.1) is 6.92 Å². The van der Waals surface area contributed by atoms with Gasteiger partial charge in [0.15, 0.2) is 0 Å². The fourth-order valence-electron chi connectivity index (χ4n) is 2.50. The van der Waals surface area contributed by atoms with Gasteiger partial charge in [0.25, 0.3) is 0 Å². The molecular formula is C18H27NO4S. The number of thiophene rings is 1. The van der Waals surface area contributed by atoms with Crippen molar-refractivity contribution in [3.63, 3.8) is 0 Å². The van der Waals surface area contributed by atoms with Gasteiger partial charge in [0.2, 0.25) is 0 Å². The third-order valence-corrected chi connectivity index (χ3v) is 4.59. The highest BCUT2D eigenvalue weighted by molar-refractivity contribution is 7.11. The molecule has 6 heteroatoms. The van der Waals surface area contributed by atoms with E-state index in [1.54, 1.807) is 24.7 Å². The Morgan fingerprint density at radius 1 is 1.33 bits per heavy atom. The lowest BCUT2D eigenvalue weighted by molar-refractivity contribution is 0.00296. The second-order valence-corrected chi connectivity index (χ2v) is 7.21. The molecule has 0 aliphatic rings. The molecule has 0 radical (unpaired) electrons. The highest BCUT2D eigenvalue weighted by atomic mass is 32.1. The third-order valence-electron chi connectivity index (χ3n) is 3.60. The molecule has 0 saturated heterocycles. The van der Waals surface area contributed by atoms with Gasteiger partial charge in [-0.25, -0.2) is 0 Å². The van der Waals surface area contributed by atoms with Gasteiger partial charge in [0.1, 0.15) is 12.4 Å². The largest absolute Gasteiger partial charge is 0.467 e. The van der Waals surface area contributed by atoms with E-state index in [4.69, 9.17) is 13.9 Å². The van der Waals surface area contributed by atoms with Crippen molar-refractivity contribution < 1.29 is 19.0 Å². The zero-order valence-corrected chi connectivity index (χ0v) is 15.3. The number of hydrogen-bond donors (Lipinski definition) is 1. The lowest BCUT2D eigenvalue weighted by Crippen LogP contribution is -2.35. The van der Waals surface area contributed by atoms with E-state index in [1.807, 2.05) is 12.1 Å². The molecule has 1 N–H and O–H groups in total. The lowest BCUT2D eigenvalue weighted by atomic mass is 10.3. The molecule has 2 heterocycles. The van der Waals surface area contributed by atoms with Crippen LogP contribution in [-0.4, -0.2) is 49.5 Å². The van der Waals surface area contributed by atoms with Crippen LogP contribution in [0.1, 0.15) is 21.9 Å². The van der Waals surface area contributed by atoms with E-state index in [-0.39, 0.29) is 0 Å². The van der Waals surface area contributed by atoms with Crippen LogP contribution in [0.2, 0.25) is 0 Å². The van der Waals surface area contributed by atoms with Gasteiger partial charge in [-0.2, -0.15) is 0 Å². The molecule has 0 bridgehead atoms. The van der Waals surface area contributed by atoms with Crippen LogP contribution < -0.4 is 0 Å². The Kier molecular flexibility index (Phi) is 8.49. The summed E-state index contributed by atoms with van der Waals surface area (Å²) in [7, 11) is 1.71. The molecule has 0 saturated carbocycles. The molecule has 24 heavy (non-hydrogen) atoms. The van der Waals surface area contributed by atoms with E-state index in [0.29, 0.717) is 19.8 Å². The lowest BCUT2D eigenvalue weighted by Gasteiger charge is -2.24. The molecule has 0 aliphatic carbocycles. The molecule has 2 aromatic heterocycles. The molecule has 5 nitrogen and oxygen atoms in total. The summed E-state index contributed by atoms with van der Waals surface area (Å²) < 4.78 is 15.9. The van der Waals surface area contributed by atoms with Crippen molar-refractivity contribution in [3.05, 3.63) is 46.0 Å². The van der Waals surface area contributed by atoms with Gasteiger partial charge in [-0.3, -0.25) is 4.90 Å². The van der Waals surface area contributed by atoms with Gasteiger partial charge in [-0.1, -0.05) is 0 Å². The van der Waals surface area contributed by atoms with E-state index >= 15 is 0 Å². The summed E-state index contributed by atoms with van der Waals surface area (Å²) in [5, 5.41) is 10.3. The van der Waals surface area contributed by atoms with E-state index in [9.17, 15) is 5.11 Å². The molecular weight excluding hydrogens is 326 g/mol. The van der Waals surface area contributed by atoms with E-state index < -0.39 is 6.10 Å². The summed E-state index contributed by atoms with van der Waals surface area (Å²) in [6, 6.07) is 7.98. The number of rotatable bonds is 12. The summed E-state index contributed by atoms with van der Waals surface area (Å²) in [6.45, 7) is 5.84. The summed E-state index contributed by atoms with van der Waals surface area (Å²) in [5.41, 5.74) is 0. The molecule has 0 aromatic carbocycles. The second-order valence-electron chi connectivity index (χ2n) is 5.84. The first-order chi connectivity index (χ1) is 11.7. The van der Waals surface area contributed by atoms with Crippen molar-refractivity contribution in [2.24, 2.45) is 0 Å². The minimum atomic E-state index is -0.524. The van der Waals surface area contributed by atoms with Crippen molar-refractivity contribution >= 4 is 11.3 Å². The number of aliphatic hydroxyl groups excluding tert-OH is 1. The Bertz CT molecular complexity index is 555. The average Bonchev–Trinajstić information content (AvgIpc) is 3.19. The molecule has 0 unspecified atom stereocenters. The number of furan rings is 1. The Hall–Kier alpha value is -1.18. The van der Waals surface area contributed by atoms with Gasteiger partial charge >= 0.3 is 0 Å². The third kappa shape index (κ3) is 7.15. The summed E-state index contributed by atoms with van der Waals surface area (Å²) in [4.78, 5) is 4.88. The predicted octanol–water partition coefficient (Wildman–Crippen LogP) is 3.07. The number of nitrogens with zero attached hydrogens (tertiary/aromatic N) is 1. The normalized spacial score (nSPS) is 12.8. The van der Waals surface area contributed by atoms with Gasteiger partial charge < -0.3 is 19.0 Å². The SMILES string of the molecule is COCCCN(Cc1ccc(C)s1)C[C@@H](O)COCc1ccco1. The topological polar surface area (TPSA) is 55.1 Å². The number of aryl methyl sites for hydroxylation is 1. The highest BCUT2D eigenvalue weighted by Gasteiger charge is 2.14. The fraction of sp³-hybridized carbons (Fsp3) is 0.556. The predicted molar refractivity (Wildman–Crippen MR) is 95.2 cm³/mol. The maximum Gasteiger partial charge on any atom is 0.129 e. The first-order valence-electron chi connectivity index (χ1n) is 8.22. The second kappa shape index (κ2) is 10.6. The monoisotopic (exact) mass is 353 g/mol. The van der Waals surface area contributed by atoms with Gasteiger partial charge in [-0.05, 0) is 37.6 Å². The molecule has 1 atom stereocenters. The van der Waals surface area contributed by atoms with Crippen LogP contribution in [0.4, 0.5) is 0 Å². The average molecular weight is 353 g/mol. The molecule has 0 spiro atoms. The first-order valence-corrected chi connectivity index (χ1v) is 9.04. The molecule has 0 aliphatic heterocycles.